The van der Waals surface area contributed by atoms with E-state index in [1.165, 1.54) is 18.2 Å². The van der Waals surface area contributed by atoms with Crippen molar-refractivity contribution in [2.45, 2.75) is 19.3 Å². The van der Waals surface area contributed by atoms with Crippen LogP contribution in [0.1, 0.15) is 19.3 Å². The second-order valence-corrected chi connectivity index (χ2v) is 7.12. The maximum Gasteiger partial charge on any atom is 0.311 e. The van der Waals surface area contributed by atoms with Crippen LogP contribution in [0.4, 0.5) is 11.4 Å². The highest BCUT2D eigenvalue weighted by atomic mass is 35.5. The maximum atomic E-state index is 12.3. The molecule has 8 nitrogen and oxygen atoms in total. The van der Waals surface area contributed by atoms with E-state index in [2.05, 4.69) is 5.32 Å². The Labute approximate surface area is 161 Å². The Balaban J connectivity index is 0.00000243. The van der Waals surface area contributed by atoms with Gasteiger partial charge in [0.25, 0.3) is 5.69 Å². The lowest BCUT2D eigenvalue weighted by Gasteiger charge is -2.23. The topological polar surface area (TPSA) is 113 Å². The van der Waals surface area contributed by atoms with Gasteiger partial charge in [0.2, 0.25) is 5.91 Å². The molecule has 2 aliphatic rings. The van der Waals surface area contributed by atoms with Crippen LogP contribution < -0.4 is 5.32 Å². The molecule has 10 heteroatoms. The van der Waals surface area contributed by atoms with Crippen molar-refractivity contribution in [2.24, 2.45) is 11.3 Å². The zero-order valence-electron chi connectivity index (χ0n) is 13.8. The van der Waals surface area contributed by atoms with Crippen LogP contribution in [0.15, 0.2) is 18.2 Å². The largest absolute Gasteiger partial charge is 0.481 e. The van der Waals surface area contributed by atoms with Gasteiger partial charge in [-0.3, -0.25) is 24.6 Å². The number of nitro benzene ring substituents is 1. The fourth-order valence-corrected chi connectivity index (χ4v) is 4.18. The van der Waals surface area contributed by atoms with Crippen LogP contribution in [0.25, 0.3) is 0 Å². The lowest BCUT2D eigenvalue weighted by Crippen LogP contribution is -2.37. The molecular weight excluding hydrogens is 385 g/mol. The Morgan fingerprint density at radius 1 is 1.46 bits per heavy atom. The number of carboxylic acids is 1. The molecule has 1 aromatic carbocycles. The number of aliphatic carboxylic acids is 1. The smallest absolute Gasteiger partial charge is 0.311 e. The van der Waals surface area contributed by atoms with Crippen molar-refractivity contribution in [1.82, 2.24) is 4.90 Å². The molecule has 1 saturated heterocycles. The van der Waals surface area contributed by atoms with Crippen LogP contribution in [-0.2, 0) is 9.59 Å². The van der Waals surface area contributed by atoms with Crippen LogP contribution in [0.3, 0.4) is 0 Å². The number of amides is 1. The molecule has 1 aliphatic carbocycles. The number of carbonyl (C=O) groups is 2. The number of nitro groups is 1. The normalized spacial score (nSPS) is 24.6. The van der Waals surface area contributed by atoms with Gasteiger partial charge in [0, 0.05) is 24.2 Å². The number of carbonyl (C=O) groups excluding carboxylic acids is 1. The number of likely N-dealkylation sites (tertiary alicyclic amines) is 1. The van der Waals surface area contributed by atoms with Gasteiger partial charge in [0.1, 0.15) is 5.69 Å². The first-order chi connectivity index (χ1) is 11.8. The molecule has 26 heavy (non-hydrogen) atoms. The Kier molecular flexibility index (Phi) is 6.10. The molecule has 3 rings (SSSR count). The molecule has 1 aromatic rings. The molecule has 1 heterocycles. The van der Waals surface area contributed by atoms with E-state index in [0.29, 0.717) is 19.5 Å². The first kappa shape index (κ1) is 20.4. The van der Waals surface area contributed by atoms with E-state index in [9.17, 15) is 24.8 Å². The molecule has 0 bridgehead atoms. The summed E-state index contributed by atoms with van der Waals surface area (Å²) in [7, 11) is 0. The monoisotopic (exact) mass is 403 g/mol. The number of rotatable bonds is 5. The quantitative estimate of drug-likeness (QED) is 0.577. The Bertz CT molecular complexity index is 745. The van der Waals surface area contributed by atoms with E-state index in [1.807, 2.05) is 4.90 Å². The molecule has 0 unspecified atom stereocenters. The molecule has 2 atom stereocenters. The van der Waals surface area contributed by atoms with E-state index in [1.54, 1.807) is 0 Å². The molecule has 0 radical (unpaired) electrons. The van der Waals surface area contributed by atoms with E-state index >= 15 is 0 Å². The third-order valence-corrected chi connectivity index (χ3v) is 5.40. The van der Waals surface area contributed by atoms with Crippen molar-refractivity contribution in [2.75, 3.05) is 25.0 Å². The summed E-state index contributed by atoms with van der Waals surface area (Å²) in [5.41, 5.74) is -0.958. The highest BCUT2D eigenvalue weighted by Gasteiger charge is 2.54. The summed E-state index contributed by atoms with van der Waals surface area (Å²) in [5.74, 6) is -1.15. The van der Waals surface area contributed by atoms with Crippen molar-refractivity contribution in [1.29, 1.82) is 0 Å². The molecule has 142 valence electrons. The number of benzene rings is 1. The predicted molar refractivity (Wildman–Crippen MR) is 97.8 cm³/mol. The van der Waals surface area contributed by atoms with E-state index < -0.39 is 22.2 Å². The zero-order valence-corrected chi connectivity index (χ0v) is 15.4. The van der Waals surface area contributed by atoms with Crippen LogP contribution in [-0.4, -0.2) is 46.4 Å². The predicted octanol–water partition coefficient (Wildman–Crippen LogP) is 2.80. The van der Waals surface area contributed by atoms with Crippen molar-refractivity contribution in [3.05, 3.63) is 33.3 Å². The second-order valence-electron chi connectivity index (χ2n) is 6.69. The first-order valence-corrected chi connectivity index (χ1v) is 8.39. The van der Waals surface area contributed by atoms with Crippen LogP contribution in [0.2, 0.25) is 5.02 Å². The zero-order chi connectivity index (χ0) is 18.2. The summed E-state index contributed by atoms with van der Waals surface area (Å²) in [4.78, 5) is 36.2. The number of carboxylic acid groups (broad SMARTS) is 1. The van der Waals surface area contributed by atoms with Gasteiger partial charge in [-0.15, -0.1) is 12.4 Å². The number of anilines is 1. The average Bonchev–Trinajstić information content (AvgIpc) is 3.06. The SMILES string of the molecule is Cl.O=C(CN1C[C@@H]2CCC[C@@]2(C(=O)O)C1)Nc1ccc(Cl)cc1[N+](=O)[O-]. The number of hydrogen-bond donors (Lipinski definition) is 2. The van der Waals surface area contributed by atoms with Crippen molar-refractivity contribution in [3.63, 3.8) is 0 Å². The summed E-state index contributed by atoms with van der Waals surface area (Å²) in [6, 6.07) is 4.02. The van der Waals surface area contributed by atoms with E-state index in [4.69, 9.17) is 11.6 Å². The third-order valence-electron chi connectivity index (χ3n) is 5.16. The average molecular weight is 404 g/mol. The number of hydrogen-bond acceptors (Lipinski definition) is 5. The maximum absolute atomic E-state index is 12.3. The summed E-state index contributed by atoms with van der Waals surface area (Å²) in [5, 5.41) is 23.4. The number of nitrogens with one attached hydrogen (secondary N) is 1. The fraction of sp³-hybridized carbons (Fsp3) is 0.500. The Morgan fingerprint density at radius 3 is 2.81 bits per heavy atom. The molecule has 0 spiro atoms. The number of nitrogens with zero attached hydrogens (tertiary/aromatic N) is 2. The first-order valence-electron chi connectivity index (χ1n) is 8.01. The van der Waals surface area contributed by atoms with Gasteiger partial charge in [-0.1, -0.05) is 18.0 Å². The van der Waals surface area contributed by atoms with Crippen LogP contribution >= 0.6 is 24.0 Å². The van der Waals surface area contributed by atoms with Gasteiger partial charge in [-0.2, -0.15) is 0 Å². The van der Waals surface area contributed by atoms with E-state index in [0.717, 1.165) is 12.8 Å². The third kappa shape index (κ3) is 3.77. The van der Waals surface area contributed by atoms with Gasteiger partial charge in [-0.05, 0) is 30.9 Å². The fourth-order valence-electron chi connectivity index (χ4n) is 4.02. The van der Waals surface area contributed by atoms with Gasteiger partial charge >= 0.3 is 5.97 Å². The van der Waals surface area contributed by atoms with Crippen molar-refractivity contribution >= 4 is 47.3 Å². The molecule has 0 aromatic heterocycles. The number of halogens is 2. The van der Waals surface area contributed by atoms with Crippen molar-refractivity contribution in [3.8, 4) is 0 Å². The van der Waals surface area contributed by atoms with Gasteiger partial charge < -0.3 is 10.4 Å². The Hall–Kier alpha value is -1.90. The molecular formula is C16H19Cl2N3O5. The molecule has 1 amide bonds. The lowest BCUT2D eigenvalue weighted by molar-refractivity contribution is -0.383. The van der Waals surface area contributed by atoms with Crippen LogP contribution in [0.5, 0.6) is 0 Å². The van der Waals surface area contributed by atoms with Gasteiger partial charge in [0.15, 0.2) is 0 Å². The molecule has 1 saturated carbocycles. The Morgan fingerprint density at radius 2 is 2.19 bits per heavy atom. The minimum Gasteiger partial charge on any atom is -0.481 e. The standard InChI is InChI=1S/C16H18ClN3O5.ClH/c17-11-3-4-12(13(6-11)20(24)25)18-14(21)8-19-7-10-2-1-5-16(10,9-19)15(22)23;/h3-4,6,10H,1-2,5,7-9H2,(H,18,21)(H,22,23);1H/t10-,16+;/m0./s1. The molecule has 2 fully saturated rings. The minimum absolute atomic E-state index is 0. The summed E-state index contributed by atoms with van der Waals surface area (Å²) >= 11 is 5.75. The highest BCUT2D eigenvalue weighted by molar-refractivity contribution is 6.31. The second kappa shape index (κ2) is 7.77. The highest BCUT2D eigenvalue weighted by Crippen LogP contribution is 2.48. The molecule has 2 N–H and O–H groups in total. The molecule has 1 aliphatic heterocycles. The van der Waals surface area contributed by atoms with Gasteiger partial charge in [-0.25, -0.2) is 0 Å². The minimum atomic E-state index is -0.800. The summed E-state index contributed by atoms with van der Waals surface area (Å²) < 4.78 is 0. The summed E-state index contributed by atoms with van der Waals surface area (Å²) in [6.07, 6.45) is 2.38. The summed E-state index contributed by atoms with van der Waals surface area (Å²) in [6.45, 7) is 0.900. The van der Waals surface area contributed by atoms with Gasteiger partial charge in [0.05, 0.1) is 16.9 Å². The van der Waals surface area contributed by atoms with Crippen molar-refractivity contribution < 1.29 is 19.6 Å². The van der Waals surface area contributed by atoms with Crippen LogP contribution in [0, 0.1) is 21.4 Å². The lowest BCUT2D eigenvalue weighted by atomic mass is 9.81. The number of fused-ring (bicyclic) bond motifs is 1. The van der Waals surface area contributed by atoms with E-state index in [-0.39, 0.29) is 41.3 Å².